The minimum Gasteiger partial charge on any atom is -0.462 e. The van der Waals surface area contributed by atoms with Crippen LogP contribution in [0.5, 0.6) is 0 Å². The lowest BCUT2D eigenvalue weighted by Gasteiger charge is -2.21. The van der Waals surface area contributed by atoms with Crippen molar-refractivity contribution in [3.63, 3.8) is 0 Å². The van der Waals surface area contributed by atoms with E-state index >= 15 is 0 Å². The molecule has 17 nitrogen and oxygen atoms in total. The van der Waals surface area contributed by atoms with Crippen molar-refractivity contribution in [1.29, 1.82) is 0 Å². The van der Waals surface area contributed by atoms with Crippen LogP contribution in [0, 0.1) is 11.8 Å². The molecule has 0 saturated carbocycles. The van der Waals surface area contributed by atoms with E-state index in [9.17, 15) is 43.2 Å². The number of unbranched alkanes of at least 4 members (excludes halogenated alkanes) is 44. The number of hydrogen-bond donors (Lipinski definition) is 3. The number of hydrogen-bond acceptors (Lipinski definition) is 15. The summed E-state index contributed by atoms with van der Waals surface area (Å²) in [6, 6.07) is 0. The van der Waals surface area contributed by atoms with Crippen LogP contribution in [0.15, 0.2) is 0 Å². The lowest BCUT2D eigenvalue weighted by atomic mass is 9.99. The molecule has 0 aromatic heterocycles. The van der Waals surface area contributed by atoms with E-state index in [1.165, 1.54) is 205 Å². The number of phosphoric acid groups is 2. The molecule has 0 aromatic rings. The number of esters is 4. The Hall–Kier alpha value is -1.94. The number of rotatable bonds is 76. The van der Waals surface area contributed by atoms with Crippen LogP contribution in [0.25, 0.3) is 0 Å². The van der Waals surface area contributed by atoms with Crippen LogP contribution in [0.3, 0.4) is 0 Å². The Morgan fingerprint density at radius 1 is 0.292 bits per heavy atom. The molecule has 7 atom stereocenters. The van der Waals surface area contributed by atoms with Crippen LogP contribution in [0.4, 0.5) is 0 Å². The average Bonchev–Trinajstić information content (AvgIpc) is 3.16. The van der Waals surface area contributed by atoms with Crippen LogP contribution < -0.4 is 0 Å². The molecule has 0 aliphatic heterocycles. The fourth-order valence-corrected chi connectivity index (χ4v) is 13.3. The van der Waals surface area contributed by atoms with Gasteiger partial charge < -0.3 is 33.8 Å². The molecule has 0 rings (SSSR count). The van der Waals surface area contributed by atoms with Crippen molar-refractivity contribution < 1.29 is 80.2 Å². The number of aliphatic hydroxyl groups is 1. The van der Waals surface area contributed by atoms with E-state index in [0.29, 0.717) is 25.7 Å². The molecular weight excluding hydrogens is 1260 g/mol. The Morgan fingerprint density at radius 3 is 0.740 bits per heavy atom. The predicted molar refractivity (Wildman–Crippen MR) is 391 cm³/mol. The largest absolute Gasteiger partial charge is 0.472 e. The first-order valence-electron chi connectivity index (χ1n) is 40.1. The van der Waals surface area contributed by atoms with Gasteiger partial charge in [0.2, 0.25) is 0 Å². The molecule has 3 N–H and O–H groups in total. The zero-order valence-corrected chi connectivity index (χ0v) is 64.5. The standard InChI is InChI=1S/C77H150O17P2/c1-7-11-13-15-17-18-19-20-25-29-32-35-42-48-54-60-75(80)88-66-73(93-76(81)61-55-49-43-36-33-30-27-24-22-21-23-26-28-31-34-40-45-51-57-69(5)9-3)68-92-96(85,86)90-64-71(78)63-89-95(83,84)91-67-72(65-87-74(79)59-53-47-39-16-14-12-8-2)94-77(82)62-56-50-44-38-37-41-46-52-58-70(6)10-4/h69-73,78H,7-68H2,1-6H3,(H,83,84)(H,85,86)/t69?,70?,71-,72+,73+/m0/s1. The summed E-state index contributed by atoms with van der Waals surface area (Å²) < 4.78 is 68.4. The first kappa shape index (κ1) is 94.1. The number of aliphatic hydroxyl groups excluding tert-OH is 1. The smallest absolute Gasteiger partial charge is 0.462 e. The van der Waals surface area contributed by atoms with Crippen molar-refractivity contribution in [2.24, 2.45) is 11.8 Å². The number of carbonyl (C=O) groups is 4. The monoisotopic (exact) mass is 1410 g/mol. The topological polar surface area (TPSA) is 237 Å². The van der Waals surface area contributed by atoms with E-state index in [1.807, 2.05) is 0 Å². The van der Waals surface area contributed by atoms with Crippen LogP contribution in [0.1, 0.15) is 401 Å². The fraction of sp³-hybridized carbons (Fsp3) is 0.948. The summed E-state index contributed by atoms with van der Waals surface area (Å²) in [6.45, 7) is 9.62. The third-order valence-corrected chi connectivity index (χ3v) is 20.6. The van der Waals surface area contributed by atoms with Gasteiger partial charge in [-0.05, 0) is 37.5 Å². The molecule has 0 heterocycles. The SMILES string of the molecule is CCCCCCCCCCCCCCCCCC(=O)OC[C@H](COP(=O)(O)OC[C@@H](O)COP(=O)(O)OC[C@@H](COC(=O)CCCCCCCCC)OC(=O)CCCCCCCCCCC(C)CC)OC(=O)CCCCCCCCCCCCCCCCCCCCC(C)CC. The second-order valence-electron chi connectivity index (χ2n) is 28.2. The molecule has 0 aliphatic rings. The number of ether oxygens (including phenoxy) is 4. The van der Waals surface area contributed by atoms with Crippen LogP contribution >= 0.6 is 15.6 Å². The van der Waals surface area contributed by atoms with Gasteiger partial charge in [0.1, 0.15) is 19.3 Å². The highest BCUT2D eigenvalue weighted by molar-refractivity contribution is 7.47. The summed E-state index contributed by atoms with van der Waals surface area (Å²) in [5, 5.41) is 10.6. The molecule has 0 aliphatic carbocycles. The van der Waals surface area contributed by atoms with Gasteiger partial charge in [0, 0.05) is 25.7 Å². The van der Waals surface area contributed by atoms with Crippen molar-refractivity contribution in [1.82, 2.24) is 0 Å². The van der Waals surface area contributed by atoms with E-state index in [0.717, 1.165) is 115 Å². The molecule has 0 amide bonds. The minimum atomic E-state index is -4.96. The maximum atomic E-state index is 13.1. The summed E-state index contributed by atoms with van der Waals surface area (Å²) in [5.41, 5.74) is 0. The third kappa shape index (κ3) is 67.9. The van der Waals surface area contributed by atoms with Gasteiger partial charge in [0.15, 0.2) is 12.2 Å². The Morgan fingerprint density at radius 2 is 0.500 bits per heavy atom. The van der Waals surface area contributed by atoms with E-state index in [4.69, 9.17) is 37.0 Å². The molecule has 0 radical (unpaired) electrons. The first-order valence-corrected chi connectivity index (χ1v) is 43.1. The van der Waals surface area contributed by atoms with Crippen molar-refractivity contribution in [3.05, 3.63) is 0 Å². The minimum absolute atomic E-state index is 0.105. The van der Waals surface area contributed by atoms with Crippen molar-refractivity contribution >= 4 is 39.5 Å². The van der Waals surface area contributed by atoms with Gasteiger partial charge in [-0.2, -0.15) is 0 Å². The Kier molecular flexibility index (Phi) is 67.4. The van der Waals surface area contributed by atoms with Gasteiger partial charge in [0.05, 0.1) is 26.4 Å². The lowest BCUT2D eigenvalue weighted by molar-refractivity contribution is -0.161. The van der Waals surface area contributed by atoms with Gasteiger partial charge in [-0.15, -0.1) is 0 Å². The second kappa shape index (κ2) is 68.8. The van der Waals surface area contributed by atoms with E-state index in [-0.39, 0.29) is 25.7 Å². The van der Waals surface area contributed by atoms with Crippen LogP contribution in [-0.2, 0) is 65.4 Å². The van der Waals surface area contributed by atoms with E-state index in [1.54, 1.807) is 0 Å². The van der Waals surface area contributed by atoms with Crippen molar-refractivity contribution in [3.8, 4) is 0 Å². The van der Waals surface area contributed by atoms with Crippen molar-refractivity contribution in [2.45, 2.75) is 419 Å². The summed E-state index contributed by atoms with van der Waals surface area (Å²) in [6.07, 6.45) is 57.0. The number of phosphoric ester groups is 2. The molecule has 570 valence electrons. The lowest BCUT2D eigenvalue weighted by Crippen LogP contribution is -2.30. The summed E-state index contributed by atoms with van der Waals surface area (Å²) in [7, 11) is -9.91. The van der Waals surface area contributed by atoms with Crippen LogP contribution in [-0.4, -0.2) is 96.7 Å². The molecule has 96 heavy (non-hydrogen) atoms. The Bertz CT molecular complexity index is 1860. The maximum Gasteiger partial charge on any atom is 0.472 e. The zero-order valence-electron chi connectivity index (χ0n) is 62.7. The molecular formula is C77H150O17P2. The fourth-order valence-electron chi connectivity index (χ4n) is 11.8. The molecule has 0 saturated heterocycles. The highest BCUT2D eigenvalue weighted by Crippen LogP contribution is 2.45. The number of carbonyl (C=O) groups excluding carboxylic acids is 4. The zero-order chi connectivity index (χ0) is 70.7. The van der Waals surface area contributed by atoms with Crippen LogP contribution in [0.2, 0.25) is 0 Å². The average molecular weight is 1410 g/mol. The van der Waals surface area contributed by atoms with E-state index < -0.39 is 97.5 Å². The van der Waals surface area contributed by atoms with Gasteiger partial charge in [-0.3, -0.25) is 37.3 Å². The van der Waals surface area contributed by atoms with Gasteiger partial charge in [-0.1, -0.05) is 350 Å². The molecule has 4 unspecified atom stereocenters. The highest BCUT2D eigenvalue weighted by Gasteiger charge is 2.30. The van der Waals surface area contributed by atoms with E-state index in [2.05, 4.69) is 41.5 Å². The normalized spacial score (nSPS) is 14.6. The molecule has 0 fully saturated rings. The van der Waals surface area contributed by atoms with Gasteiger partial charge >= 0.3 is 39.5 Å². The summed E-state index contributed by atoms with van der Waals surface area (Å²) in [5.74, 6) is -0.479. The Labute approximate surface area is 588 Å². The first-order chi connectivity index (χ1) is 46.4. The molecule has 0 bridgehead atoms. The third-order valence-electron chi connectivity index (χ3n) is 18.7. The predicted octanol–water partition coefficient (Wildman–Crippen LogP) is 22.7. The molecule has 19 heteroatoms. The summed E-state index contributed by atoms with van der Waals surface area (Å²) in [4.78, 5) is 72.7. The molecule has 0 aromatic carbocycles. The van der Waals surface area contributed by atoms with Gasteiger partial charge in [-0.25, -0.2) is 9.13 Å². The maximum absolute atomic E-state index is 13.1. The molecule has 0 spiro atoms. The highest BCUT2D eigenvalue weighted by atomic mass is 31.2. The van der Waals surface area contributed by atoms with Gasteiger partial charge in [0.25, 0.3) is 0 Å². The second-order valence-corrected chi connectivity index (χ2v) is 31.1. The quantitative estimate of drug-likeness (QED) is 0.0222. The van der Waals surface area contributed by atoms with Crippen molar-refractivity contribution in [2.75, 3.05) is 39.6 Å². The summed E-state index contributed by atoms with van der Waals surface area (Å²) >= 11 is 0. The Balaban J connectivity index is 5.16.